The van der Waals surface area contributed by atoms with Crippen LogP contribution in [0.25, 0.3) is 0 Å². The Kier molecular flexibility index (Phi) is 5.40. The Balaban J connectivity index is 1.93. The lowest BCUT2D eigenvalue weighted by atomic mass is 10.1. The predicted molar refractivity (Wildman–Crippen MR) is 84.6 cm³/mol. The van der Waals surface area contributed by atoms with Crippen molar-refractivity contribution in [3.05, 3.63) is 29.8 Å². The molecule has 2 rings (SSSR count). The Labute approximate surface area is 134 Å². The van der Waals surface area contributed by atoms with Crippen LogP contribution in [0.4, 0.5) is 15.3 Å². The van der Waals surface area contributed by atoms with Crippen molar-refractivity contribution in [2.75, 3.05) is 38.0 Å². The van der Waals surface area contributed by atoms with Gasteiger partial charge in [0.15, 0.2) is 0 Å². The van der Waals surface area contributed by atoms with Gasteiger partial charge in [-0.25, -0.2) is 9.59 Å². The standard InChI is InChI=1S/C15H20N4O4/c1-2-16-14(21)17-12-5-3-11(4-6-12)13(20)18-7-9-19(10-8-18)15(22)23/h3-6H,2,7-10H2,1H3,(H,22,23)(H2,16,17,21). The van der Waals surface area contributed by atoms with E-state index in [2.05, 4.69) is 10.6 Å². The molecule has 0 spiro atoms. The summed E-state index contributed by atoms with van der Waals surface area (Å²) >= 11 is 0. The SMILES string of the molecule is CCNC(=O)Nc1ccc(C(=O)N2CCN(C(=O)O)CC2)cc1. The lowest BCUT2D eigenvalue weighted by Gasteiger charge is -2.33. The third kappa shape index (κ3) is 4.35. The van der Waals surface area contributed by atoms with Gasteiger partial charge in [-0.3, -0.25) is 4.79 Å². The summed E-state index contributed by atoms with van der Waals surface area (Å²) in [5.41, 5.74) is 1.11. The molecule has 1 aliphatic heterocycles. The number of urea groups is 1. The number of amides is 4. The van der Waals surface area contributed by atoms with E-state index in [0.717, 1.165) is 0 Å². The average molecular weight is 320 g/mol. The fourth-order valence-corrected chi connectivity index (χ4v) is 2.32. The number of nitrogens with one attached hydrogen (secondary N) is 2. The van der Waals surface area contributed by atoms with E-state index in [0.29, 0.717) is 44.0 Å². The van der Waals surface area contributed by atoms with E-state index in [1.807, 2.05) is 6.92 Å². The fourth-order valence-electron chi connectivity index (χ4n) is 2.32. The maximum atomic E-state index is 12.4. The van der Waals surface area contributed by atoms with Gasteiger partial charge < -0.3 is 25.5 Å². The summed E-state index contributed by atoms with van der Waals surface area (Å²) in [6, 6.07) is 6.32. The number of rotatable bonds is 3. The zero-order valence-corrected chi connectivity index (χ0v) is 12.9. The first kappa shape index (κ1) is 16.6. The van der Waals surface area contributed by atoms with Crippen molar-refractivity contribution in [2.24, 2.45) is 0 Å². The van der Waals surface area contributed by atoms with Gasteiger partial charge in [-0.2, -0.15) is 0 Å². The van der Waals surface area contributed by atoms with Crippen molar-refractivity contribution >= 4 is 23.7 Å². The van der Waals surface area contributed by atoms with Gasteiger partial charge in [0.05, 0.1) is 0 Å². The van der Waals surface area contributed by atoms with Crippen LogP contribution in [0.2, 0.25) is 0 Å². The minimum atomic E-state index is -0.960. The quantitative estimate of drug-likeness (QED) is 0.780. The Hall–Kier alpha value is -2.77. The molecule has 0 saturated carbocycles. The van der Waals surface area contributed by atoms with Crippen molar-refractivity contribution in [1.82, 2.24) is 15.1 Å². The molecule has 1 aromatic rings. The molecule has 23 heavy (non-hydrogen) atoms. The molecule has 1 aliphatic rings. The summed E-state index contributed by atoms with van der Waals surface area (Å²) in [6.07, 6.45) is -0.960. The number of carboxylic acid groups (broad SMARTS) is 1. The van der Waals surface area contributed by atoms with Crippen LogP contribution in [0.3, 0.4) is 0 Å². The summed E-state index contributed by atoms with van der Waals surface area (Å²) in [5, 5.41) is 14.2. The van der Waals surface area contributed by atoms with E-state index in [4.69, 9.17) is 5.11 Å². The summed E-state index contributed by atoms with van der Waals surface area (Å²) in [6.45, 7) is 3.75. The van der Waals surface area contributed by atoms with Crippen molar-refractivity contribution in [3.63, 3.8) is 0 Å². The van der Waals surface area contributed by atoms with Gasteiger partial charge in [0.25, 0.3) is 5.91 Å². The summed E-state index contributed by atoms with van der Waals surface area (Å²) < 4.78 is 0. The lowest BCUT2D eigenvalue weighted by Crippen LogP contribution is -2.50. The molecule has 0 unspecified atom stereocenters. The maximum absolute atomic E-state index is 12.4. The van der Waals surface area contributed by atoms with E-state index in [1.54, 1.807) is 29.2 Å². The van der Waals surface area contributed by atoms with E-state index in [-0.39, 0.29) is 11.9 Å². The maximum Gasteiger partial charge on any atom is 0.407 e. The first-order valence-electron chi connectivity index (χ1n) is 7.43. The van der Waals surface area contributed by atoms with Gasteiger partial charge in [0.1, 0.15) is 0 Å². The van der Waals surface area contributed by atoms with Crippen LogP contribution in [0.5, 0.6) is 0 Å². The number of hydrogen-bond acceptors (Lipinski definition) is 3. The predicted octanol–water partition coefficient (Wildman–Crippen LogP) is 1.26. The molecule has 1 aromatic carbocycles. The smallest absolute Gasteiger partial charge is 0.407 e. The van der Waals surface area contributed by atoms with Crippen LogP contribution in [-0.4, -0.2) is 65.7 Å². The van der Waals surface area contributed by atoms with Crippen molar-refractivity contribution in [1.29, 1.82) is 0 Å². The highest BCUT2D eigenvalue weighted by Gasteiger charge is 2.24. The Bertz CT molecular complexity index is 580. The summed E-state index contributed by atoms with van der Waals surface area (Å²) in [5.74, 6) is -0.139. The molecule has 1 saturated heterocycles. The van der Waals surface area contributed by atoms with E-state index >= 15 is 0 Å². The molecule has 0 aliphatic carbocycles. The van der Waals surface area contributed by atoms with Crippen molar-refractivity contribution < 1.29 is 19.5 Å². The van der Waals surface area contributed by atoms with E-state index in [1.165, 1.54) is 4.90 Å². The fraction of sp³-hybridized carbons (Fsp3) is 0.400. The third-order valence-corrected chi connectivity index (χ3v) is 3.56. The second-order valence-corrected chi connectivity index (χ2v) is 5.12. The molecule has 124 valence electrons. The highest BCUT2D eigenvalue weighted by atomic mass is 16.4. The van der Waals surface area contributed by atoms with E-state index < -0.39 is 6.09 Å². The average Bonchev–Trinajstić information content (AvgIpc) is 2.55. The molecule has 0 aromatic heterocycles. The van der Waals surface area contributed by atoms with Crippen LogP contribution >= 0.6 is 0 Å². The monoisotopic (exact) mass is 320 g/mol. The Morgan fingerprint density at radius 2 is 1.61 bits per heavy atom. The van der Waals surface area contributed by atoms with E-state index in [9.17, 15) is 14.4 Å². The van der Waals surface area contributed by atoms with Gasteiger partial charge in [-0.05, 0) is 31.2 Å². The molecule has 8 heteroatoms. The molecule has 0 radical (unpaired) electrons. The molecule has 1 heterocycles. The molecule has 3 N–H and O–H groups in total. The highest BCUT2D eigenvalue weighted by Crippen LogP contribution is 2.13. The molecular weight excluding hydrogens is 300 g/mol. The zero-order valence-electron chi connectivity index (χ0n) is 12.9. The molecule has 1 fully saturated rings. The van der Waals surface area contributed by atoms with Crippen molar-refractivity contribution in [2.45, 2.75) is 6.92 Å². The number of carbonyl (C=O) groups is 3. The second-order valence-electron chi connectivity index (χ2n) is 5.12. The number of piperazine rings is 1. The number of anilines is 1. The van der Waals surface area contributed by atoms with Crippen LogP contribution in [0.1, 0.15) is 17.3 Å². The normalized spacial score (nSPS) is 14.3. The second kappa shape index (κ2) is 7.48. The lowest BCUT2D eigenvalue weighted by molar-refractivity contribution is 0.0625. The van der Waals surface area contributed by atoms with Crippen LogP contribution in [0.15, 0.2) is 24.3 Å². The molecule has 0 atom stereocenters. The van der Waals surface area contributed by atoms with Crippen LogP contribution in [-0.2, 0) is 0 Å². The van der Waals surface area contributed by atoms with Gasteiger partial charge >= 0.3 is 12.1 Å². The minimum absolute atomic E-state index is 0.139. The topological polar surface area (TPSA) is 102 Å². The largest absolute Gasteiger partial charge is 0.465 e. The molecule has 4 amide bonds. The van der Waals surface area contributed by atoms with Crippen LogP contribution in [0, 0.1) is 0 Å². The molecule has 8 nitrogen and oxygen atoms in total. The number of carbonyl (C=O) groups excluding carboxylic acids is 2. The summed E-state index contributed by atoms with van der Waals surface area (Å²) in [7, 11) is 0. The Morgan fingerprint density at radius 3 is 2.13 bits per heavy atom. The van der Waals surface area contributed by atoms with Gasteiger partial charge in [-0.1, -0.05) is 0 Å². The third-order valence-electron chi connectivity index (χ3n) is 3.56. The first-order chi connectivity index (χ1) is 11.0. The van der Waals surface area contributed by atoms with Gasteiger partial charge in [0.2, 0.25) is 0 Å². The number of hydrogen-bond donors (Lipinski definition) is 3. The first-order valence-corrected chi connectivity index (χ1v) is 7.43. The number of nitrogens with zero attached hydrogens (tertiary/aromatic N) is 2. The number of benzene rings is 1. The molecular formula is C15H20N4O4. The molecule has 0 bridgehead atoms. The van der Waals surface area contributed by atoms with Gasteiger partial charge in [0, 0.05) is 44.0 Å². The summed E-state index contributed by atoms with van der Waals surface area (Å²) in [4.78, 5) is 37.6. The highest BCUT2D eigenvalue weighted by molar-refractivity contribution is 5.95. The zero-order chi connectivity index (χ0) is 16.8. The minimum Gasteiger partial charge on any atom is -0.465 e. The van der Waals surface area contributed by atoms with Crippen LogP contribution < -0.4 is 10.6 Å². The van der Waals surface area contributed by atoms with Gasteiger partial charge in [-0.15, -0.1) is 0 Å². The van der Waals surface area contributed by atoms with Crippen molar-refractivity contribution in [3.8, 4) is 0 Å². The Morgan fingerprint density at radius 1 is 1.04 bits per heavy atom.